The summed E-state index contributed by atoms with van der Waals surface area (Å²) in [6.45, 7) is 5.82. The van der Waals surface area contributed by atoms with E-state index in [9.17, 15) is 18.0 Å². The van der Waals surface area contributed by atoms with Crippen LogP contribution in [-0.4, -0.2) is 30.1 Å². The molecule has 0 bridgehead atoms. The van der Waals surface area contributed by atoms with Crippen molar-refractivity contribution in [3.05, 3.63) is 0 Å². The molecule has 2 fully saturated rings. The van der Waals surface area contributed by atoms with Gasteiger partial charge in [-0.25, -0.2) is 0 Å². The molecule has 0 spiro atoms. The minimum absolute atomic E-state index is 0.00627. The van der Waals surface area contributed by atoms with Crippen molar-refractivity contribution in [1.29, 1.82) is 0 Å². The Labute approximate surface area is 131 Å². The molecule has 1 heterocycles. The lowest BCUT2D eigenvalue weighted by Gasteiger charge is -2.38. The Kier molecular flexibility index (Phi) is 5.78. The Morgan fingerprint density at radius 3 is 2.55 bits per heavy atom. The Hall–Kier alpha value is -0.740. The van der Waals surface area contributed by atoms with E-state index < -0.39 is 18.0 Å². The number of carbonyl (C=O) groups is 1. The van der Waals surface area contributed by atoms with Gasteiger partial charge in [0.15, 0.2) is 0 Å². The zero-order valence-corrected chi connectivity index (χ0v) is 13.7. The van der Waals surface area contributed by atoms with Gasteiger partial charge in [0, 0.05) is 19.0 Å². The Morgan fingerprint density at radius 2 is 1.91 bits per heavy atom. The van der Waals surface area contributed by atoms with Crippen LogP contribution in [0.1, 0.15) is 58.8 Å². The lowest BCUT2D eigenvalue weighted by atomic mass is 9.79. The van der Waals surface area contributed by atoms with Crippen molar-refractivity contribution < 1.29 is 18.0 Å². The van der Waals surface area contributed by atoms with Crippen molar-refractivity contribution in [3.8, 4) is 0 Å². The molecule has 0 N–H and O–H groups in total. The highest BCUT2D eigenvalue weighted by Gasteiger charge is 2.44. The summed E-state index contributed by atoms with van der Waals surface area (Å²) in [6, 6.07) is 0. The minimum Gasteiger partial charge on any atom is -0.342 e. The van der Waals surface area contributed by atoms with E-state index >= 15 is 0 Å². The molecule has 1 saturated carbocycles. The molecule has 0 radical (unpaired) electrons. The number of piperidine rings is 1. The van der Waals surface area contributed by atoms with Crippen molar-refractivity contribution in [2.45, 2.75) is 65.0 Å². The second kappa shape index (κ2) is 7.22. The normalized spacial score (nSPS) is 30.6. The molecule has 0 aromatic rings. The van der Waals surface area contributed by atoms with E-state index in [0.717, 1.165) is 32.4 Å². The Balaban J connectivity index is 1.92. The first kappa shape index (κ1) is 17.6. The molecule has 2 rings (SSSR count). The highest BCUT2D eigenvalue weighted by molar-refractivity contribution is 5.79. The van der Waals surface area contributed by atoms with Crippen LogP contribution in [-0.2, 0) is 4.79 Å². The van der Waals surface area contributed by atoms with Crippen molar-refractivity contribution in [1.82, 2.24) is 4.90 Å². The number of rotatable bonds is 3. The summed E-state index contributed by atoms with van der Waals surface area (Å²) in [5.41, 5.74) is 0. The van der Waals surface area contributed by atoms with Crippen molar-refractivity contribution in [3.63, 3.8) is 0 Å². The van der Waals surface area contributed by atoms with Gasteiger partial charge in [-0.2, -0.15) is 13.2 Å². The highest BCUT2D eigenvalue weighted by Crippen LogP contribution is 2.40. The quantitative estimate of drug-likeness (QED) is 0.742. The fraction of sp³-hybridized carbons (Fsp3) is 0.941. The maximum absolute atomic E-state index is 12.9. The monoisotopic (exact) mass is 319 g/mol. The third-order valence-electron chi connectivity index (χ3n) is 5.12. The molecule has 1 aliphatic heterocycles. The van der Waals surface area contributed by atoms with Crippen LogP contribution in [0.15, 0.2) is 0 Å². The van der Waals surface area contributed by atoms with Gasteiger partial charge in [-0.05, 0) is 50.4 Å². The van der Waals surface area contributed by atoms with Crippen LogP contribution in [0.2, 0.25) is 0 Å². The van der Waals surface area contributed by atoms with Gasteiger partial charge < -0.3 is 4.90 Å². The van der Waals surface area contributed by atoms with Gasteiger partial charge in [0.2, 0.25) is 5.91 Å². The summed E-state index contributed by atoms with van der Waals surface area (Å²) >= 11 is 0. The standard InChI is InChI=1S/C17H28F3NO/c1-12(2)9-13-5-4-8-21(11-13)16(22)14-6-3-7-15(10-14)17(18,19)20/h12-15H,3-11H2,1-2H3/t13-,14-,15-/m0/s1. The third-order valence-corrected chi connectivity index (χ3v) is 5.12. The molecule has 2 nitrogen and oxygen atoms in total. The van der Waals surface area contributed by atoms with Crippen molar-refractivity contribution in [2.75, 3.05) is 13.1 Å². The summed E-state index contributed by atoms with van der Waals surface area (Å²) in [4.78, 5) is 14.5. The van der Waals surface area contributed by atoms with E-state index in [1.54, 1.807) is 0 Å². The van der Waals surface area contributed by atoms with Gasteiger partial charge in [-0.1, -0.05) is 20.3 Å². The molecule has 5 heteroatoms. The molecule has 2 aliphatic rings. The van der Waals surface area contributed by atoms with Crippen LogP contribution >= 0.6 is 0 Å². The van der Waals surface area contributed by atoms with Gasteiger partial charge in [0.1, 0.15) is 0 Å². The van der Waals surface area contributed by atoms with Gasteiger partial charge in [-0.3, -0.25) is 4.79 Å². The van der Waals surface area contributed by atoms with Crippen LogP contribution < -0.4 is 0 Å². The van der Waals surface area contributed by atoms with Gasteiger partial charge in [0.05, 0.1) is 5.92 Å². The van der Waals surface area contributed by atoms with E-state index in [1.807, 2.05) is 4.90 Å². The molecule has 1 saturated heterocycles. The average Bonchev–Trinajstić information content (AvgIpc) is 2.45. The topological polar surface area (TPSA) is 20.3 Å². The van der Waals surface area contributed by atoms with Gasteiger partial charge in [-0.15, -0.1) is 0 Å². The van der Waals surface area contributed by atoms with E-state index in [0.29, 0.717) is 24.7 Å². The van der Waals surface area contributed by atoms with E-state index in [2.05, 4.69) is 13.8 Å². The Bertz CT molecular complexity index is 381. The smallest absolute Gasteiger partial charge is 0.342 e. The van der Waals surface area contributed by atoms with Crippen LogP contribution in [0, 0.1) is 23.7 Å². The SMILES string of the molecule is CC(C)C[C@@H]1CCCN(C(=O)[C@H]2CCC[C@H](C(F)(F)F)C2)C1. The van der Waals surface area contributed by atoms with Gasteiger partial charge in [0.25, 0.3) is 0 Å². The maximum atomic E-state index is 12.9. The van der Waals surface area contributed by atoms with E-state index in [-0.39, 0.29) is 18.7 Å². The number of carbonyl (C=O) groups excluding carboxylic acids is 1. The lowest BCUT2D eigenvalue weighted by Crippen LogP contribution is -2.45. The first-order valence-corrected chi connectivity index (χ1v) is 8.63. The molecule has 3 atom stereocenters. The predicted molar refractivity (Wildman–Crippen MR) is 80.3 cm³/mol. The molecule has 128 valence electrons. The van der Waals surface area contributed by atoms with E-state index in [1.165, 1.54) is 0 Å². The highest BCUT2D eigenvalue weighted by atomic mass is 19.4. The second-order valence-electron chi connectivity index (χ2n) is 7.52. The van der Waals surface area contributed by atoms with Crippen LogP contribution in [0.5, 0.6) is 0 Å². The van der Waals surface area contributed by atoms with Crippen LogP contribution in [0.3, 0.4) is 0 Å². The second-order valence-corrected chi connectivity index (χ2v) is 7.52. The largest absolute Gasteiger partial charge is 0.391 e. The fourth-order valence-corrected chi connectivity index (χ4v) is 4.09. The zero-order valence-electron chi connectivity index (χ0n) is 13.7. The lowest BCUT2D eigenvalue weighted by molar-refractivity contribution is -0.187. The van der Waals surface area contributed by atoms with Gasteiger partial charge >= 0.3 is 6.18 Å². The van der Waals surface area contributed by atoms with Crippen LogP contribution in [0.4, 0.5) is 13.2 Å². The number of hydrogen-bond donors (Lipinski definition) is 0. The van der Waals surface area contributed by atoms with Crippen LogP contribution in [0.25, 0.3) is 0 Å². The number of amides is 1. The molecule has 0 aromatic carbocycles. The number of nitrogens with zero attached hydrogens (tertiary/aromatic N) is 1. The summed E-state index contributed by atoms with van der Waals surface area (Å²) in [6.07, 6.45) is 0.383. The van der Waals surface area contributed by atoms with E-state index in [4.69, 9.17) is 0 Å². The molecule has 0 unspecified atom stereocenters. The Morgan fingerprint density at radius 1 is 1.18 bits per heavy atom. The molecular weight excluding hydrogens is 291 g/mol. The maximum Gasteiger partial charge on any atom is 0.391 e. The number of alkyl halides is 3. The molecule has 22 heavy (non-hydrogen) atoms. The molecule has 0 aromatic heterocycles. The molecule has 1 amide bonds. The predicted octanol–water partition coefficient (Wildman–Crippen LogP) is 4.64. The summed E-state index contributed by atoms with van der Waals surface area (Å²) in [7, 11) is 0. The fourth-order valence-electron chi connectivity index (χ4n) is 4.09. The average molecular weight is 319 g/mol. The summed E-state index contributed by atoms with van der Waals surface area (Å²) in [5.74, 6) is -0.615. The zero-order chi connectivity index (χ0) is 16.3. The number of hydrogen-bond acceptors (Lipinski definition) is 1. The third kappa shape index (κ3) is 4.63. The summed E-state index contributed by atoms with van der Waals surface area (Å²) in [5, 5.41) is 0. The van der Waals surface area contributed by atoms with Crippen molar-refractivity contribution in [2.24, 2.45) is 23.7 Å². The van der Waals surface area contributed by atoms with Crippen molar-refractivity contribution >= 4 is 5.91 Å². The first-order chi connectivity index (χ1) is 10.3. The minimum atomic E-state index is -4.15. The number of halogens is 3. The molecular formula is C17H28F3NO. The first-order valence-electron chi connectivity index (χ1n) is 8.63. The summed E-state index contributed by atoms with van der Waals surface area (Å²) < 4.78 is 38.7. The molecule has 1 aliphatic carbocycles. The number of likely N-dealkylation sites (tertiary alicyclic amines) is 1.